The van der Waals surface area contributed by atoms with Crippen LogP contribution in [0.25, 0.3) is 0 Å². The second-order valence-electron chi connectivity index (χ2n) is 6.01. The highest BCUT2D eigenvalue weighted by Crippen LogP contribution is 2.28. The molecule has 0 atom stereocenters. The Kier molecular flexibility index (Phi) is 5.73. The van der Waals surface area contributed by atoms with Gasteiger partial charge in [0.25, 0.3) is 5.69 Å². The smallest absolute Gasteiger partial charge is 0.292 e. The number of primary amides is 1. The van der Waals surface area contributed by atoms with Crippen LogP contribution in [-0.2, 0) is 9.59 Å². The number of nitro benzene ring substituents is 1. The maximum absolute atomic E-state index is 12.1. The third kappa shape index (κ3) is 4.21. The van der Waals surface area contributed by atoms with Crippen LogP contribution in [0.3, 0.4) is 0 Å². The van der Waals surface area contributed by atoms with Crippen molar-refractivity contribution in [2.24, 2.45) is 5.73 Å². The van der Waals surface area contributed by atoms with Crippen molar-refractivity contribution < 1.29 is 14.5 Å². The van der Waals surface area contributed by atoms with Crippen molar-refractivity contribution in [2.75, 3.05) is 11.9 Å². The summed E-state index contributed by atoms with van der Waals surface area (Å²) in [6, 6.07) is 6.24. The van der Waals surface area contributed by atoms with Crippen LogP contribution in [-0.4, -0.2) is 28.8 Å². The van der Waals surface area contributed by atoms with Gasteiger partial charge in [-0.3, -0.25) is 19.7 Å². The first-order chi connectivity index (χ1) is 11.4. The van der Waals surface area contributed by atoms with Gasteiger partial charge >= 0.3 is 0 Å². The summed E-state index contributed by atoms with van der Waals surface area (Å²) < 4.78 is 0. The molecule has 0 spiro atoms. The van der Waals surface area contributed by atoms with Gasteiger partial charge in [-0.2, -0.15) is 0 Å². The van der Waals surface area contributed by atoms with Gasteiger partial charge in [0.1, 0.15) is 11.2 Å². The number of nitrogens with zero attached hydrogens (tertiary/aromatic N) is 1. The number of hydrogen-bond donors (Lipinski definition) is 3. The fraction of sp³-hybridized carbons (Fsp3) is 0.500. The summed E-state index contributed by atoms with van der Waals surface area (Å²) in [5, 5.41) is 16.6. The number of nitro groups is 1. The predicted molar refractivity (Wildman–Crippen MR) is 89.4 cm³/mol. The molecule has 130 valence electrons. The lowest BCUT2D eigenvalue weighted by Gasteiger charge is -2.35. The minimum absolute atomic E-state index is 0.0428. The Morgan fingerprint density at radius 1 is 1.21 bits per heavy atom. The number of nitrogens with two attached hydrogens (primary N) is 1. The van der Waals surface area contributed by atoms with Gasteiger partial charge in [0.05, 0.1) is 4.92 Å². The molecule has 0 heterocycles. The third-order valence-corrected chi connectivity index (χ3v) is 4.33. The molecule has 0 unspecified atom stereocenters. The first-order valence-corrected chi connectivity index (χ1v) is 8.03. The molecule has 0 aromatic heterocycles. The number of carbonyl (C=O) groups excluding carboxylic acids is 2. The molecule has 2 rings (SSSR count). The lowest BCUT2D eigenvalue weighted by atomic mass is 9.81. The quantitative estimate of drug-likeness (QED) is 0.516. The first kappa shape index (κ1) is 17.7. The fourth-order valence-corrected chi connectivity index (χ4v) is 3.01. The standard InChI is InChI=1S/C16H22N4O4/c17-15(22)16(9-4-1-5-10-16)19-14(21)8-11-18-12-6-2-3-7-13(12)20(23)24/h2-3,6-7,18H,1,4-5,8-11H2,(H2,17,22)(H,19,21). The molecule has 1 aromatic rings. The lowest BCUT2D eigenvalue weighted by molar-refractivity contribution is -0.384. The average Bonchev–Trinajstić information content (AvgIpc) is 2.55. The second-order valence-corrected chi connectivity index (χ2v) is 6.01. The van der Waals surface area contributed by atoms with E-state index in [1.165, 1.54) is 6.07 Å². The van der Waals surface area contributed by atoms with Crippen molar-refractivity contribution >= 4 is 23.2 Å². The molecule has 1 aromatic carbocycles. The van der Waals surface area contributed by atoms with Gasteiger partial charge < -0.3 is 16.4 Å². The summed E-state index contributed by atoms with van der Waals surface area (Å²) >= 11 is 0. The summed E-state index contributed by atoms with van der Waals surface area (Å²) in [6.07, 6.45) is 3.97. The van der Waals surface area contributed by atoms with Gasteiger partial charge in [0.2, 0.25) is 11.8 Å². The molecule has 8 nitrogen and oxygen atoms in total. The van der Waals surface area contributed by atoms with Crippen LogP contribution < -0.4 is 16.4 Å². The van der Waals surface area contributed by atoms with E-state index in [2.05, 4.69) is 10.6 Å². The zero-order valence-corrected chi connectivity index (χ0v) is 13.4. The molecular formula is C16H22N4O4. The molecule has 0 aliphatic heterocycles. The minimum atomic E-state index is -0.950. The molecule has 1 saturated carbocycles. The Hall–Kier alpha value is -2.64. The predicted octanol–water partition coefficient (Wildman–Crippen LogP) is 1.70. The molecule has 4 N–H and O–H groups in total. The number of rotatable bonds is 7. The van der Waals surface area contributed by atoms with E-state index in [1.54, 1.807) is 18.2 Å². The van der Waals surface area contributed by atoms with Gasteiger partial charge in [-0.15, -0.1) is 0 Å². The van der Waals surface area contributed by atoms with Crippen LogP contribution in [0.15, 0.2) is 24.3 Å². The van der Waals surface area contributed by atoms with E-state index in [0.717, 1.165) is 19.3 Å². The molecule has 0 radical (unpaired) electrons. The first-order valence-electron chi connectivity index (χ1n) is 8.03. The van der Waals surface area contributed by atoms with Crippen LogP contribution in [0.5, 0.6) is 0 Å². The number of nitrogens with one attached hydrogen (secondary N) is 2. The van der Waals surface area contributed by atoms with E-state index in [0.29, 0.717) is 18.5 Å². The zero-order valence-electron chi connectivity index (χ0n) is 13.4. The average molecular weight is 334 g/mol. The topological polar surface area (TPSA) is 127 Å². The highest BCUT2D eigenvalue weighted by molar-refractivity contribution is 5.90. The largest absolute Gasteiger partial charge is 0.379 e. The molecule has 0 bridgehead atoms. The van der Waals surface area contributed by atoms with Crippen molar-refractivity contribution in [3.05, 3.63) is 34.4 Å². The number of benzene rings is 1. The van der Waals surface area contributed by atoms with E-state index in [9.17, 15) is 19.7 Å². The monoisotopic (exact) mass is 334 g/mol. The summed E-state index contributed by atoms with van der Waals surface area (Å²) in [4.78, 5) is 34.3. The number of hydrogen-bond acceptors (Lipinski definition) is 5. The van der Waals surface area contributed by atoms with Crippen LogP contribution >= 0.6 is 0 Å². The Morgan fingerprint density at radius 2 is 1.88 bits per heavy atom. The Morgan fingerprint density at radius 3 is 2.50 bits per heavy atom. The molecule has 1 fully saturated rings. The van der Waals surface area contributed by atoms with Crippen molar-refractivity contribution in [3.63, 3.8) is 0 Å². The highest BCUT2D eigenvalue weighted by atomic mass is 16.6. The molecule has 24 heavy (non-hydrogen) atoms. The number of anilines is 1. The van der Waals surface area contributed by atoms with Crippen LogP contribution in [0.2, 0.25) is 0 Å². The van der Waals surface area contributed by atoms with Crippen molar-refractivity contribution in [1.29, 1.82) is 0 Å². The highest BCUT2D eigenvalue weighted by Gasteiger charge is 2.38. The molecule has 1 aliphatic rings. The molecular weight excluding hydrogens is 312 g/mol. The van der Waals surface area contributed by atoms with E-state index in [4.69, 9.17) is 5.73 Å². The van der Waals surface area contributed by atoms with Gasteiger partial charge in [-0.05, 0) is 18.9 Å². The second kappa shape index (κ2) is 7.76. The SMILES string of the molecule is NC(=O)C1(NC(=O)CCNc2ccccc2[N+](=O)[O-])CCCCC1. The van der Waals surface area contributed by atoms with E-state index in [1.807, 2.05) is 0 Å². The van der Waals surface area contributed by atoms with E-state index < -0.39 is 16.4 Å². The normalized spacial score (nSPS) is 16.2. The van der Waals surface area contributed by atoms with E-state index >= 15 is 0 Å². The van der Waals surface area contributed by atoms with Gasteiger partial charge in [0.15, 0.2) is 0 Å². The maximum atomic E-state index is 12.1. The van der Waals surface area contributed by atoms with Crippen LogP contribution in [0.4, 0.5) is 11.4 Å². The van der Waals surface area contributed by atoms with Crippen molar-refractivity contribution in [1.82, 2.24) is 5.32 Å². The Bertz CT molecular complexity index is 626. The van der Waals surface area contributed by atoms with Gasteiger partial charge in [-0.1, -0.05) is 31.4 Å². The van der Waals surface area contributed by atoms with Crippen molar-refractivity contribution in [3.8, 4) is 0 Å². The molecule has 8 heteroatoms. The fourth-order valence-electron chi connectivity index (χ4n) is 3.01. The van der Waals surface area contributed by atoms with Gasteiger partial charge in [0, 0.05) is 19.0 Å². The number of para-hydroxylation sites is 2. The van der Waals surface area contributed by atoms with Crippen LogP contribution in [0, 0.1) is 10.1 Å². The summed E-state index contributed by atoms with van der Waals surface area (Å²) in [7, 11) is 0. The minimum Gasteiger partial charge on any atom is -0.379 e. The van der Waals surface area contributed by atoms with E-state index in [-0.39, 0.29) is 24.6 Å². The molecule has 1 aliphatic carbocycles. The Balaban J connectivity index is 1.89. The Labute approximate surface area is 139 Å². The maximum Gasteiger partial charge on any atom is 0.292 e. The van der Waals surface area contributed by atoms with Crippen molar-refractivity contribution in [2.45, 2.75) is 44.1 Å². The molecule has 0 saturated heterocycles. The zero-order chi connectivity index (χ0) is 17.6. The summed E-state index contributed by atoms with van der Waals surface area (Å²) in [5.74, 6) is -0.788. The lowest BCUT2D eigenvalue weighted by Crippen LogP contribution is -2.58. The summed E-state index contributed by atoms with van der Waals surface area (Å²) in [6.45, 7) is 0.228. The number of amides is 2. The summed E-state index contributed by atoms with van der Waals surface area (Å²) in [5.41, 5.74) is 4.84. The molecule has 2 amide bonds. The van der Waals surface area contributed by atoms with Gasteiger partial charge in [-0.25, -0.2) is 0 Å². The van der Waals surface area contributed by atoms with Crippen LogP contribution in [0.1, 0.15) is 38.5 Å². The number of carbonyl (C=O) groups is 2. The third-order valence-electron chi connectivity index (χ3n) is 4.33.